The van der Waals surface area contributed by atoms with Crippen molar-refractivity contribution in [2.75, 3.05) is 0 Å². The van der Waals surface area contributed by atoms with Gasteiger partial charge in [0.05, 0.1) is 16.1 Å². The molecule has 0 aliphatic rings. The van der Waals surface area contributed by atoms with E-state index in [1.165, 1.54) is 17.8 Å². The summed E-state index contributed by atoms with van der Waals surface area (Å²) in [5.41, 5.74) is 3.22. The lowest BCUT2D eigenvalue weighted by molar-refractivity contribution is 0.617. The first-order valence-electron chi connectivity index (χ1n) is 8.87. The predicted octanol–water partition coefficient (Wildman–Crippen LogP) is 8.09. The molecule has 30 heavy (non-hydrogen) atoms. The highest BCUT2D eigenvalue weighted by Gasteiger charge is 2.17. The van der Waals surface area contributed by atoms with E-state index in [9.17, 15) is 9.65 Å². The summed E-state index contributed by atoms with van der Waals surface area (Å²) in [6.45, 7) is 0. The fourth-order valence-electron chi connectivity index (χ4n) is 2.95. The summed E-state index contributed by atoms with van der Waals surface area (Å²) in [7, 11) is 0. The zero-order chi connectivity index (χ0) is 21.1. The summed E-state index contributed by atoms with van der Waals surface area (Å²) < 4.78 is 14.2. The molecule has 4 rings (SSSR count). The molecule has 0 N–H and O–H groups in total. The van der Waals surface area contributed by atoms with Crippen molar-refractivity contribution in [3.05, 3.63) is 93.0 Å². The first-order chi connectivity index (χ1) is 14.6. The number of hydrogen-bond donors (Lipinski definition) is 0. The fourth-order valence-corrected chi connectivity index (χ4v) is 5.11. The van der Waals surface area contributed by atoms with Crippen molar-refractivity contribution in [1.29, 1.82) is 5.26 Å². The second-order valence-electron chi connectivity index (χ2n) is 6.32. The molecule has 0 fully saturated rings. The molecule has 0 saturated carbocycles. The minimum Gasteiger partial charge on any atom is -0.239 e. The summed E-state index contributed by atoms with van der Waals surface area (Å²) >= 11 is 15.1. The van der Waals surface area contributed by atoms with Gasteiger partial charge in [-0.05, 0) is 47.3 Å². The van der Waals surface area contributed by atoms with Crippen LogP contribution in [-0.2, 0) is 5.75 Å². The molecule has 0 aliphatic heterocycles. The SMILES string of the molecule is N#Cc1c(-c2ccc(Cl)cc2)cc(-c2cccs2)nc1SCc1c(F)cccc1Cl. The summed E-state index contributed by atoms with van der Waals surface area (Å²) in [6.07, 6.45) is 0. The third-order valence-corrected chi connectivity index (χ3v) is 6.94. The molecule has 4 aromatic rings. The number of nitriles is 1. The lowest BCUT2D eigenvalue weighted by Gasteiger charge is -2.12. The van der Waals surface area contributed by atoms with Crippen LogP contribution in [0.15, 0.2) is 71.1 Å². The zero-order valence-electron chi connectivity index (χ0n) is 15.4. The van der Waals surface area contributed by atoms with Gasteiger partial charge in [-0.3, -0.25) is 0 Å². The van der Waals surface area contributed by atoms with Crippen LogP contribution in [0.3, 0.4) is 0 Å². The van der Waals surface area contributed by atoms with E-state index >= 15 is 0 Å². The molecule has 0 bridgehead atoms. The summed E-state index contributed by atoms with van der Waals surface area (Å²) in [6, 6.07) is 20.0. The number of thiophene rings is 1. The molecule has 0 atom stereocenters. The summed E-state index contributed by atoms with van der Waals surface area (Å²) in [5.74, 6) is -0.109. The van der Waals surface area contributed by atoms with Gasteiger partial charge in [-0.2, -0.15) is 5.26 Å². The minimum absolute atomic E-state index is 0.265. The second kappa shape index (κ2) is 9.20. The van der Waals surface area contributed by atoms with E-state index in [2.05, 4.69) is 6.07 Å². The Morgan fingerprint density at radius 3 is 2.53 bits per heavy atom. The topological polar surface area (TPSA) is 36.7 Å². The third-order valence-electron chi connectivity index (χ3n) is 4.44. The highest BCUT2D eigenvalue weighted by molar-refractivity contribution is 7.98. The Hall–Kier alpha value is -2.36. The van der Waals surface area contributed by atoms with Crippen molar-refractivity contribution >= 4 is 46.3 Å². The largest absolute Gasteiger partial charge is 0.239 e. The maximum Gasteiger partial charge on any atom is 0.128 e. The van der Waals surface area contributed by atoms with Gasteiger partial charge in [0.2, 0.25) is 0 Å². The first kappa shape index (κ1) is 20.9. The van der Waals surface area contributed by atoms with Crippen molar-refractivity contribution in [2.45, 2.75) is 10.8 Å². The van der Waals surface area contributed by atoms with E-state index in [0.717, 1.165) is 21.7 Å². The molecule has 0 unspecified atom stereocenters. The maximum absolute atomic E-state index is 14.2. The van der Waals surface area contributed by atoms with E-state index in [0.29, 0.717) is 26.2 Å². The molecular weight excluding hydrogens is 458 g/mol. The molecule has 7 heteroatoms. The van der Waals surface area contributed by atoms with Crippen LogP contribution >= 0.6 is 46.3 Å². The van der Waals surface area contributed by atoms with Gasteiger partial charge in [-0.25, -0.2) is 9.37 Å². The number of benzene rings is 2. The molecule has 2 heterocycles. The van der Waals surface area contributed by atoms with Crippen LogP contribution in [0, 0.1) is 17.1 Å². The molecule has 2 aromatic heterocycles. The smallest absolute Gasteiger partial charge is 0.128 e. The molecule has 0 spiro atoms. The van der Waals surface area contributed by atoms with Crippen LogP contribution in [0.4, 0.5) is 4.39 Å². The Bertz CT molecular complexity index is 1210. The fraction of sp³-hybridized carbons (Fsp3) is 0.0435. The molecule has 0 amide bonds. The van der Waals surface area contributed by atoms with Crippen molar-refractivity contribution in [3.63, 3.8) is 0 Å². The lowest BCUT2D eigenvalue weighted by Crippen LogP contribution is -1.96. The normalized spacial score (nSPS) is 10.7. The zero-order valence-corrected chi connectivity index (χ0v) is 18.5. The lowest BCUT2D eigenvalue weighted by atomic mass is 10.0. The number of thioether (sulfide) groups is 1. The maximum atomic E-state index is 14.2. The van der Waals surface area contributed by atoms with E-state index in [4.69, 9.17) is 28.2 Å². The second-order valence-corrected chi connectivity index (χ2v) is 9.08. The van der Waals surface area contributed by atoms with Gasteiger partial charge in [-0.1, -0.05) is 47.5 Å². The van der Waals surface area contributed by atoms with Crippen molar-refractivity contribution < 1.29 is 4.39 Å². The number of nitrogens with zero attached hydrogens (tertiary/aromatic N) is 2. The van der Waals surface area contributed by atoms with Crippen molar-refractivity contribution in [2.24, 2.45) is 0 Å². The molecule has 0 radical (unpaired) electrons. The monoisotopic (exact) mass is 470 g/mol. The number of hydrogen-bond acceptors (Lipinski definition) is 4. The number of aromatic nitrogens is 1. The van der Waals surface area contributed by atoms with Crippen LogP contribution in [0.1, 0.15) is 11.1 Å². The van der Waals surface area contributed by atoms with E-state index in [1.54, 1.807) is 35.6 Å². The molecule has 2 nitrogen and oxygen atoms in total. The number of pyridine rings is 1. The number of rotatable bonds is 5. The van der Waals surface area contributed by atoms with Crippen LogP contribution in [-0.4, -0.2) is 4.98 Å². The number of halogens is 3. The van der Waals surface area contributed by atoms with E-state index in [-0.39, 0.29) is 11.6 Å². The van der Waals surface area contributed by atoms with Crippen molar-refractivity contribution in [1.82, 2.24) is 4.98 Å². The average molecular weight is 471 g/mol. The van der Waals surface area contributed by atoms with Gasteiger partial charge in [0, 0.05) is 26.9 Å². The van der Waals surface area contributed by atoms with Gasteiger partial charge < -0.3 is 0 Å². The third kappa shape index (κ3) is 4.38. The highest BCUT2D eigenvalue weighted by Crippen LogP contribution is 2.37. The standard InChI is InChI=1S/C23H13Cl2FN2S2/c24-15-8-6-14(7-9-15)16-11-21(22-5-2-10-29-22)28-23(17(16)12-27)30-13-18-19(25)3-1-4-20(18)26/h1-11H,13H2. The average Bonchev–Trinajstić information content (AvgIpc) is 3.28. The molecule has 148 valence electrons. The quantitative estimate of drug-likeness (QED) is 0.276. The van der Waals surface area contributed by atoms with Gasteiger partial charge in [0.25, 0.3) is 0 Å². The van der Waals surface area contributed by atoms with Crippen LogP contribution in [0.5, 0.6) is 0 Å². The van der Waals surface area contributed by atoms with Crippen LogP contribution < -0.4 is 0 Å². The predicted molar refractivity (Wildman–Crippen MR) is 124 cm³/mol. The van der Waals surface area contributed by atoms with Crippen LogP contribution in [0.2, 0.25) is 10.0 Å². The summed E-state index contributed by atoms with van der Waals surface area (Å²) in [5, 5.41) is 13.4. The molecule has 0 saturated heterocycles. The van der Waals surface area contributed by atoms with Gasteiger partial charge >= 0.3 is 0 Å². The van der Waals surface area contributed by atoms with Gasteiger partial charge in [0.1, 0.15) is 16.9 Å². The Morgan fingerprint density at radius 2 is 1.87 bits per heavy atom. The minimum atomic E-state index is -0.374. The highest BCUT2D eigenvalue weighted by atomic mass is 35.5. The van der Waals surface area contributed by atoms with Gasteiger partial charge in [0.15, 0.2) is 0 Å². The Balaban J connectivity index is 1.82. The van der Waals surface area contributed by atoms with E-state index < -0.39 is 0 Å². The molecule has 2 aromatic carbocycles. The summed E-state index contributed by atoms with van der Waals surface area (Å²) in [4.78, 5) is 5.71. The van der Waals surface area contributed by atoms with Gasteiger partial charge in [-0.15, -0.1) is 23.1 Å². The Kier molecular flexibility index (Phi) is 6.40. The Labute approximate surface area is 191 Å². The first-order valence-corrected chi connectivity index (χ1v) is 11.5. The molecule has 0 aliphatic carbocycles. The van der Waals surface area contributed by atoms with Crippen molar-refractivity contribution in [3.8, 4) is 27.8 Å². The molecular formula is C23H13Cl2FN2S2. The van der Waals surface area contributed by atoms with Crippen LogP contribution in [0.25, 0.3) is 21.7 Å². The Morgan fingerprint density at radius 1 is 1.07 bits per heavy atom. The van der Waals surface area contributed by atoms with E-state index in [1.807, 2.05) is 35.7 Å².